The minimum Gasteiger partial charge on any atom is -0.484 e. The molecule has 1 fully saturated rings. The molecule has 1 aromatic heterocycles. The fourth-order valence-corrected chi connectivity index (χ4v) is 4.01. The van der Waals surface area contributed by atoms with Crippen LogP contribution in [-0.4, -0.2) is 51.0 Å². The third kappa shape index (κ3) is 3.24. The molecule has 1 spiro atoms. The lowest BCUT2D eigenvalue weighted by Gasteiger charge is -2.34. The number of hydrogen-bond acceptors (Lipinski definition) is 6. The first-order chi connectivity index (χ1) is 12.2. The molecular formula is C18H17N3O3S. The van der Waals surface area contributed by atoms with E-state index in [9.17, 15) is 9.59 Å². The number of ether oxygens (including phenoxy) is 1. The van der Waals surface area contributed by atoms with E-state index in [1.807, 2.05) is 18.2 Å². The molecule has 0 aliphatic carbocycles. The van der Waals surface area contributed by atoms with E-state index in [1.165, 1.54) is 11.8 Å². The van der Waals surface area contributed by atoms with Gasteiger partial charge in [-0.25, -0.2) is 9.97 Å². The van der Waals surface area contributed by atoms with Gasteiger partial charge in [0, 0.05) is 25.4 Å². The SMILES string of the molecule is O=C1CC2(CCN(C(=O)CSc3ncccn3)C2)Oc2ccccc21. The van der Waals surface area contributed by atoms with Crippen molar-refractivity contribution in [3.8, 4) is 5.75 Å². The van der Waals surface area contributed by atoms with Crippen molar-refractivity contribution >= 4 is 23.5 Å². The third-order valence-electron chi connectivity index (χ3n) is 4.53. The van der Waals surface area contributed by atoms with E-state index in [1.54, 1.807) is 29.4 Å². The molecule has 0 saturated carbocycles. The Bertz CT molecular complexity index is 814. The molecule has 0 radical (unpaired) electrons. The maximum absolute atomic E-state index is 12.5. The van der Waals surface area contributed by atoms with Crippen LogP contribution in [0.5, 0.6) is 5.75 Å². The number of thioether (sulfide) groups is 1. The molecular weight excluding hydrogens is 338 g/mol. The summed E-state index contributed by atoms with van der Waals surface area (Å²) in [6.07, 6.45) is 4.31. The number of aromatic nitrogens is 2. The average molecular weight is 355 g/mol. The molecule has 1 atom stereocenters. The van der Waals surface area contributed by atoms with E-state index < -0.39 is 5.60 Å². The van der Waals surface area contributed by atoms with Gasteiger partial charge in [-0.15, -0.1) is 0 Å². The monoisotopic (exact) mass is 355 g/mol. The Morgan fingerprint density at radius 1 is 1.24 bits per heavy atom. The van der Waals surface area contributed by atoms with Gasteiger partial charge in [0.05, 0.1) is 24.3 Å². The zero-order valence-electron chi connectivity index (χ0n) is 13.6. The maximum atomic E-state index is 12.5. The number of hydrogen-bond donors (Lipinski definition) is 0. The molecule has 1 aromatic carbocycles. The second kappa shape index (κ2) is 6.48. The number of fused-ring (bicyclic) bond motifs is 1. The fraction of sp³-hybridized carbons (Fsp3) is 0.333. The van der Waals surface area contributed by atoms with Crippen molar-refractivity contribution in [2.75, 3.05) is 18.8 Å². The predicted octanol–water partition coefficient (Wildman–Crippen LogP) is 2.21. The van der Waals surface area contributed by atoms with Crippen molar-refractivity contribution in [2.45, 2.75) is 23.6 Å². The number of Topliss-reactive ketones (excluding diaryl/α,β-unsaturated/α-hetero) is 1. The molecule has 1 amide bonds. The largest absolute Gasteiger partial charge is 0.484 e. The summed E-state index contributed by atoms with van der Waals surface area (Å²) >= 11 is 1.32. The Kier molecular flexibility index (Phi) is 4.17. The second-order valence-electron chi connectivity index (χ2n) is 6.27. The van der Waals surface area contributed by atoms with Crippen LogP contribution in [0.4, 0.5) is 0 Å². The summed E-state index contributed by atoms with van der Waals surface area (Å²) in [5, 5.41) is 0.586. The third-order valence-corrected chi connectivity index (χ3v) is 5.39. The molecule has 4 rings (SSSR count). The maximum Gasteiger partial charge on any atom is 0.233 e. The molecule has 7 heteroatoms. The minimum atomic E-state index is -0.588. The standard InChI is InChI=1S/C18H17N3O3S/c22-14-10-18(24-15-5-2-1-4-13(14)15)6-9-21(12-18)16(23)11-25-17-19-7-3-8-20-17/h1-5,7-8H,6,9-12H2. The Morgan fingerprint density at radius 3 is 2.88 bits per heavy atom. The summed E-state index contributed by atoms with van der Waals surface area (Å²) in [7, 11) is 0. The lowest BCUT2D eigenvalue weighted by Crippen LogP contribution is -2.45. The molecule has 1 saturated heterocycles. The molecule has 0 bridgehead atoms. The molecule has 2 aliphatic rings. The van der Waals surface area contributed by atoms with Gasteiger partial charge < -0.3 is 9.64 Å². The van der Waals surface area contributed by atoms with E-state index in [0.717, 1.165) is 0 Å². The Morgan fingerprint density at radius 2 is 2.04 bits per heavy atom. The lowest BCUT2D eigenvalue weighted by atomic mass is 9.89. The molecule has 25 heavy (non-hydrogen) atoms. The first-order valence-electron chi connectivity index (χ1n) is 8.14. The Hall–Kier alpha value is -2.41. The molecule has 0 N–H and O–H groups in total. The van der Waals surface area contributed by atoms with Crippen LogP contribution in [0.25, 0.3) is 0 Å². The predicted molar refractivity (Wildman–Crippen MR) is 92.7 cm³/mol. The number of benzene rings is 1. The summed E-state index contributed by atoms with van der Waals surface area (Å²) in [6.45, 7) is 1.05. The Balaban J connectivity index is 1.41. The van der Waals surface area contributed by atoms with E-state index in [4.69, 9.17) is 4.74 Å². The van der Waals surface area contributed by atoms with E-state index >= 15 is 0 Å². The van der Waals surface area contributed by atoms with Gasteiger partial charge in [-0.1, -0.05) is 23.9 Å². The Labute approximate surface area is 149 Å². The molecule has 3 heterocycles. The van der Waals surface area contributed by atoms with E-state index in [-0.39, 0.29) is 17.4 Å². The highest BCUT2D eigenvalue weighted by atomic mass is 32.2. The zero-order valence-corrected chi connectivity index (χ0v) is 14.4. The van der Waals surface area contributed by atoms with Crippen LogP contribution in [0.15, 0.2) is 47.9 Å². The van der Waals surface area contributed by atoms with Crippen molar-refractivity contribution < 1.29 is 14.3 Å². The molecule has 128 valence electrons. The normalized spacial score (nSPS) is 21.9. The van der Waals surface area contributed by atoms with Crippen LogP contribution in [0.3, 0.4) is 0 Å². The number of carbonyl (C=O) groups is 2. The molecule has 2 aromatic rings. The van der Waals surface area contributed by atoms with Crippen LogP contribution in [-0.2, 0) is 4.79 Å². The summed E-state index contributed by atoms with van der Waals surface area (Å²) in [6, 6.07) is 9.05. The molecule has 1 unspecified atom stereocenters. The van der Waals surface area contributed by atoms with Gasteiger partial charge in [-0.05, 0) is 18.2 Å². The van der Waals surface area contributed by atoms with Gasteiger partial charge in [0.15, 0.2) is 10.9 Å². The second-order valence-corrected chi connectivity index (χ2v) is 7.21. The highest BCUT2D eigenvalue weighted by Crippen LogP contribution is 2.38. The van der Waals surface area contributed by atoms with Crippen molar-refractivity contribution in [1.29, 1.82) is 0 Å². The van der Waals surface area contributed by atoms with Gasteiger partial charge in [0.1, 0.15) is 11.4 Å². The number of nitrogens with zero attached hydrogens (tertiary/aromatic N) is 3. The highest BCUT2D eigenvalue weighted by molar-refractivity contribution is 7.99. The number of para-hydroxylation sites is 1. The van der Waals surface area contributed by atoms with Crippen LogP contribution < -0.4 is 4.74 Å². The van der Waals surface area contributed by atoms with E-state index in [0.29, 0.717) is 42.4 Å². The number of likely N-dealkylation sites (tertiary alicyclic amines) is 1. The lowest BCUT2D eigenvalue weighted by molar-refractivity contribution is -0.128. The number of amides is 1. The summed E-state index contributed by atoms with van der Waals surface area (Å²) < 4.78 is 6.15. The van der Waals surface area contributed by atoms with Gasteiger partial charge in [0.2, 0.25) is 5.91 Å². The fourth-order valence-electron chi connectivity index (χ4n) is 3.31. The van der Waals surface area contributed by atoms with Crippen LogP contribution >= 0.6 is 11.8 Å². The smallest absolute Gasteiger partial charge is 0.233 e. The van der Waals surface area contributed by atoms with Crippen molar-refractivity contribution in [3.63, 3.8) is 0 Å². The zero-order chi connectivity index (χ0) is 17.3. The summed E-state index contributed by atoms with van der Waals surface area (Å²) in [5.41, 5.74) is 0.0457. The van der Waals surface area contributed by atoms with Gasteiger partial charge in [-0.2, -0.15) is 0 Å². The first kappa shape index (κ1) is 16.1. The quantitative estimate of drug-likeness (QED) is 0.621. The summed E-state index contributed by atoms with van der Waals surface area (Å²) in [4.78, 5) is 34.9. The minimum absolute atomic E-state index is 0.0178. The topological polar surface area (TPSA) is 72.4 Å². The van der Waals surface area contributed by atoms with Crippen molar-refractivity contribution in [1.82, 2.24) is 14.9 Å². The summed E-state index contributed by atoms with van der Waals surface area (Å²) in [5.74, 6) is 1.01. The van der Waals surface area contributed by atoms with Gasteiger partial charge in [-0.3, -0.25) is 9.59 Å². The van der Waals surface area contributed by atoms with Crippen LogP contribution in [0.1, 0.15) is 23.2 Å². The average Bonchev–Trinajstić information content (AvgIpc) is 3.04. The van der Waals surface area contributed by atoms with E-state index in [2.05, 4.69) is 9.97 Å². The van der Waals surface area contributed by atoms with Crippen molar-refractivity contribution in [3.05, 3.63) is 48.3 Å². The number of rotatable bonds is 3. The molecule has 2 aliphatic heterocycles. The number of carbonyl (C=O) groups excluding carboxylic acids is 2. The first-order valence-corrected chi connectivity index (χ1v) is 9.13. The van der Waals surface area contributed by atoms with Crippen LogP contribution in [0.2, 0.25) is 0 Å². The van der Waals surface area contributed by atoms with Gasteiger partial charge >= 0.3 is 0 Å². The number of ketones is 1. The highest BCUT2D eigenvalue weighted by Gasteiger charge is 2.46. The van der Waals surface area contributed by atoms with Crippen molar-refractivity contribution in [2.24, 2.45) is 0 Å². The van der Waals surface area contributed by atoms with Crippen LogP contribution in [0, 0.1) is 0 Å². The van der Waals surface area contributed by atoms with Gasteiger partial charge in [0.25, 0.3) is 0 Å². The molecule has 6 nitrogen and oxygen atoms in total.